The number of hydrogen-bond acceptors (Lipinski definition) is 3. The van der Waals surface area contributed by atoms with E-state index in [1.807, 2.05) is 6.92 Å². The number of nitrogens with two attached hydrogens (primary N) is 1. The molecular formula is C12H18ClN3O2. The van der Waals surface area contributed by atoms with E-state index in [1.165, 1.54) is 0 Å². The average Bonchev–Trinajstić information content (AvgIpc) is 2.29. The fourth-order valence-electron chi connectivity index (χ4n) is 1.35. The first-order valence-electron chi connectivity index (χ1n) is 5.48. The van der Waals surface area contributed by atoms with Gasteiger partial charge in [-0.3, -0.25) is 9.59 Å². The lowest BCUT2D eigenvalue weighted by molar-refractivity contribution is -0.122. The van der Waals surface area contributed by atoms with Crippen molar-refractivity contribution in [2.75, 3.05) is 12.3 Å². The van der Waals surface area contributed by atoms with E-state index in [0.717, 1.165) is 0 Å². The van der Waals surface area contributed by atoms with Crippen molar-refractivity contribution in [2.45, 2.75) is 19.9 Å². The molecule has 0 aliphatic heterocycles. The minimum absolute atomic E-state index is 0. The summed E-state index contributed by atoms with van der Waals surface area (Å²) in [6.45, 7) is 4.00. The zero-order chi connectivity index (χ0) is 12.8. The summed E-state index contributed by atoms with van der Waals surface area (Å²) in [4.78, 5) is 23.2. The molecule has 100 valence electrons. The van der Waals surface area contributed by atoms with Gasteiger partial charge in [-0.05, 0) is 32.0 Å². The zero-order valence-electron chi connectivity index (χ0n) is 10.4. The molecule has 0 aliphatic rings. The van der Waals surface area contributed by atoms with Crippen molar-refractivity contribution >= 4 is 29.9 Å². The summed E-state index contributed by atoms with van der Waals surface area (Å²) in [5.74, 6) is -0.513. The van der Waals surface area contributed by atoms with E-state index in [4.69, 9.17) is 5.73 Å². The molecule has 0 aliphatic carbocycles. The van der Waals surface area contributed by atoms with Crippen LogP contribution in [0.2, 0.25) is 0 Å². The third-order valence-corrected chi connectivity index (χ3v) is 2.24. The number of likely N-dealkylation sites (N-methyl/N-ethyl adjacent to an activating group) is 1. The standard InChI is InChI=1S/C12H17N3O2.ClH/c1-3-14-11(16)8(2)15-12(17)9-5-4-6-10(13)7-9;/h4-8H,3,13H2,1-2H3,(H,14,16)(H,15,17);1H. The molecule has 0 heterocycles. The summed E-state index contributed by atoms with van der Waals surface area (Å²) in [5, 5.41) is 5.24. The lowest BCUT2D eigenvalue weighted by Crippen LogP contribution is -2.44. The second-order valence-corrected chi connectivity index (χ2v) is 3.72. The van der Waals surface area contributed by atoms with E-state index in [9.17, 15) is 9.59 Å². The van der Waals surface area contributed by atoms with Crippen LogP contribution in [0.15, 0.2) is 24.3 Å². The summed E-state index contributed by atoms with van der Waals surface area (Å²) in [6.07, 6.45) is 0. The normalized spacial score (nSPS) is 11.0. The second kappa shape index (κ2) is 7.55. The van der Waals surface area contributed by atoms with Crippen molar-refractivity contribution in [3.8, 4) is 0 Å². The molecule has 5 nitrogen and oxygen atoms in total. The monoisotopic (exact) mass is 271 g/mol. The van der Waals surface area contributed by atoms with E-state index in [2.05, 4.69) is 10.6 Å². The van der Waals surface area contributed by atoms with Gasteiger partial charge in [-0.15, -0.1) is 12.4 Å². The van der Waals surface area contributed by atoms with E-state index in [-0.39, 0.29) is 24.2 Å². The van der Waals surface area contributed by atoms with E-state index in [1.54, 1.807) is 31.2 Å². The summed E-state index contributed by atoms with van der Waals surface area (Å²) in [6, 6.07) is 6.05. The van der Waals surface area contributed by atoms with Gasteiger partial charge < -0.3 is 16.4 Å². The van der Waals surface area contributed by atoms with Crippen LogP contribution in [0.4, 0.5) is 5.69 Å². The quantitative estimate of drug-likeness (QED) is 0.713. The number of amides is 2. The summed E-state index contributed by atoms with van der Waals surface area (Å²) in [5.41, 5.74) is 6.54. The molecule has 0 saturated carbocycles. The Bertz CT molecular complexity index is 424. The maximum Gasteiger partial charge on any atom is 0.251 e. The Balaban J connectivity index is 0.00000289. The molecule has 4 N–H and O–H groups in total. The SMILES string of the molecule is CCNC(=O)C(C)NC(=O)c1cccc(N)c1.Cl. The van der Waals surface area contributed by atoms with Crippen molar-refractivity contribution in [3.63, 3.8) is 0 Å². The largest absolute Gasteiger partial charge is 0.399 e. The number of hydrogen-bond donors (Lipinski definition) is 3. The maximum absolute atomic E-state index is 11.8. The van der Waals surface area contributed by atoms with Crippen molar-refractivity contribution in [1.29, 1.82) is 0 Å². The first-order valence-corrected chi connectivity index (χ1v) is 5.48. The Morgan fingerprint density at radius 3 is 2.61 bits per heavy atom. The molecule has 0 spiro atoms. The Labute approximate surface area is 113 Å². The molecule has 1 atom stereocenters. The molecular weight excluding hydrogens is 254 g/mol. The highest BCUT2D eigenvalue weighted by Gasteiger charge is 2.15. The second-order valence-electron chi connectivity index (χ2n) is 3.72. The van der Waals surface area contributed by atoms with Crippen molar-refractivity contribution < 1.29 is 9.59 Å². The van der Waals surface area contributed by atoms with Crippen molar-refractivity contribution in [1.82, 2.24) is 10.6 Å². The van der Waals surface area contributed by atoms with Gasteiger partial charge in [-0.25, -0.2) is 0 Å². The van der Waals surface area contributed by atoms with E-state index >= 15 is 0 Å². The van der Waals surface area contributed by atoms with Crippen molar-refractivity contribution in [2.24, 2.45) is 0 Å². The highest BCUT2D eigenvalue weighted by atomic mass is 35.5. The summed E-state index contributed by atoms with van der Waals surface area (Å²) < 4.78 is 0. The van der Waals surface area contributed by atoms with Crippen LogP contribution in [0, 0.1) is 0 Å². The van der Waals surface area contributed by atoms with Crippen LogP contribution in [0.25, 0.3) is 0 Å². The molecule has 0 bridgehead atoms. The van der Waals surface area contributed by atoms with E-state index in [0.29, 0.717) is 17.8 Å². The van der Waals surface area contributed by atoms with E-state index < -0.39 is 6.04 Å². The Hall–Kier alpha value is -1.75. The highest BCUT2D eigenvalue weighted by Crippen LogP contribution is 2.06. The van der Waals surface area contributed by atoms with Crippen LogP contribution in [-0.4, -0.2) is 24.4 Å². The number of anilines is 1. The molecule has 0 fully saturated rings. The number of nitrogen functional groups attached to an aromatic ring is 1. The third-order valence-electron chi connectivity index (χ3n) is 2.24. The average molecular weight is 272 g/mol. The number of carbonyl (C=O) groups excluding carboxylic acids is 2. The summed E-state index contributed by atoms with van der Waals surface area (Å²) in [7, 11) is 0. The number of nitrogens with one attached hydrogen (secondary N) is 2. The topological polar surface area (TPSA) is 84.2 Å². The minimum atomic E-state index is -0.566. The van der Waals surface area contributed by atoms with Crippen molar-refractivity contribution in [3.05, 3.63) is 29.8 Å². The van der Waals surface area contributed by atoms with Gasteiger partial charge in [0.2, 0.25) is 5.91 Å². The molecule has 0 aromatic heterocycles. The molecule has 2 amide bonds. The zero-order valence-corrected chi connectivity index (χ0v) is 11.2. The Morgan fingerprint density at radius 1 is 1.39 bits per heavy atom. The van der Waals surface area contributed by atoms with Gasteiger partial charge in [0.25, 0.3) is 5.91 Å². The van der Waals surface area contributed by atoms with Crippen LogP contribution < -0.4 is 16.4 Å². The number of rotatable bonds is 4. The fraction of sp³-hybridized carbons (Fsp3) is 0.333. The van der Waals surface area contributed by atoms with Crippen LogP contribution in [0.5, 0.6) is 0 Å². The fourth-order valence-corrected chi connectivity index (χ4v) is 1.35. The van der Waals surface area contributed by atoms with Crippen LogP contribution in [0.1, 0.15) is 24.2 Å². The van der Waals surface area contributed by atoms with Gasteiger partial charge in [0.15, 0.2) is 0 Å². The molecule has 18 heavy (non-hydrogen) atoms. The molecule has 1 unspecified atom stereocenters. The van der Waals surface area contributed by atoms with Gasteiger partial charge in [-0.2, -0.15) is 0 Å². The molecule has 0 radical (unpaired) electrons. The highest BCUT2D eigenvalue weighted by molar-refractivity contribution is 5.98. The molecule has 0 saturated heterocycles. The predicted octanol–water partition coefficient (Wildman–Crippen LogP) is 0.945. The van der Waals surface area contributed by atoms with Crippen LogP contribution in [0.3, 0.4) is 0 Å². The molecule has 1 rings (SSSR count). The molecule has 6 heteroatoms. The minimum Gasteiger partial charge on any atom is -0.399 e. The molecule has 1 aromatic carbocycles. The summed E-state index contributed by atoms with van der Waals surface area (Å²) >= 11 is 0. The van der Waals surface area contributed by atoms with Gasteiger partial charge in [0.05, 0.1) is 0 Å². The first-order chi connectivity index (χ1) is 8.04. The van der Waals surface area contributed by atoms with Crippen LogP contribution >= 0.6 is 12.4 Å². The number of halogens is 1. The number of benzene rings is 1. The number of carbonyl (C=O) groups is 2. The lowest BCUT2D eigenvalue weighted by Gasteiger charge is -2.13. The third kappa shape index (κ3) is 4.63. The first kappa shape index (κ1) is 16.2. The van der Waals surface area contributed by atoms with Gasteiger partial charge in [0, 0.05) is 17.8 Å². The smallest absolute Gasteiger partial charge is 0.251 e. The van der Waals surface area contributed by atoms with Gasteiger partial charge in [-0.1, -0.05) is 6.07 Å². The lowest BCUT2D eigenvalue weighted by atomic mass is 10.2. The predicted molar refractivity (Wildman–Crippen MR) is 73.7 cm³/mol. The Kier molecular flexibility index (Phi) is 6.82. The van der Waals surface area contributed by atoms with Crippen LogP contribution in [-0.2, 0) is 4.79 Å². The molecule has 1 aromatic rings. The Morgan fingerprint density at radius 2 is 2.06 bits per heavy atom. The maximum atomic E-state index is 11.8. The van der Waals surface area contributed by atoms with Gasteiger partial charge >= 0.3 is 0 Å². The van der Waals surface area contributed by atoms with Gasteiger partial charge in [0.1, 0.15) is 6.04 Å².